The molecule has 3 amide bonds. The Morgan fingerprint density at radius 3 is 2.65 bits per heavy atom. The fourth-order valence-corrected chi connectivity index (χ4v) is 4.41. The lowest BCUT2D eigenvalue weighted by molar-refractivity contribution is -0.119. The minimum atomic E-state index is -0.610. The molecule has 6 nitrogen and oxygen atoms in total. The molecular weight excluding hydrogens is 455 g/mol. The average Bonchev–Trinajstić information content (AvgIpc) is 2.98. The fourth-order valence-electron chi connectivity index (χ4n) is 2.99. The van der Waals surface area contributed by atoms with Gasteiger partial charge in [-0.15, -0.1) is 23.4 Å². The van der Waals surface area contributed by atoms with E-state index in [0.29, 0.717) is 10.7 Å². The van der Waals surface area contributed by atoms with E-state index in [1.165, 1.54) is 11.9 Å². The van der Waals surface area contributed by atoms with Crippen molar-refractivity contribution < 1.29 is 9.59 Å². The molecule has 1 fully saturated rings. The molecule has 1 atom stereocenters. The fraction of sp³-hybridized carbons (Fsp3) is 0.318. The van der Waals surface area contributed by atoms with Crippen LogP contribution in [0.15, 0.2) is 58.4 Å². The van der Waals surface area contributed by atoms with Gasteiger partial charge >= 0.3 is 6.03 Å². The number of thioether (sulfide) groups is 1. The smallest absolute Gasteiger partial charge is 0.337 e. The molecule has 0 aromatic heterocycles. The number of aliphatic imine (C=N–C) groups is 1. The van der Waals surface area contributed by atoms with E-state index in [2.05, 4.69) is 23.3 Å². The van der Waals surface area contributed by atoms with Crippen molar-refractivity contribution >= 4 is 64.1 Å². The quantitative estimate of drug-likeness (QED) is 0.217. The molecular formula is C22H24Cl2N4O2S. The second-order valence-corrected chi connectivity index (χ2v) is 8.81. The third kappa shape index (κ3) is 5.53. The number of nitrogens with one attached hydrogen (secondary N) is 1. The molecule has 1 unspecified atom stereocenters. The van der Waals surface area contributed by atoms with Crippen LogP contribution in [0.5, 0.6) is 0 Å². The van der Waals surface area contributed by atoms with Gasteiger partial charge in [0.15, 0.2) is 0 Å². The van der Waals surface area contributed by atoms with Crippen molar-refractivity contribution in [3.05, 3.63) is 53.6 Å². The molecule has 0 saturated carbocycles. The first kappa shape index (κ1) is 23.4. The van der Waals surface area contributed by atoms with Crippen LogP contribution in [0.3, 0.4) is 0 Å². The molecule has 164 valence electrons. The van der Waals surface area contributed by atoms with Gasteiger partial charge in [-0.2, -0.15) is 0 Å². The highest BCUT2D eigenvalue weighted by atomic mass is 35.5. The lowest BCUT2D eigenvalue weighted by Gasteiger charge is -2.19. The Kier molecular flexibility index (Phi) is 8.23. The Morgan fingerprint density at radius 1 is 1.16 bits per heavy atom. The Balaban J connectivity index is 1.86. The van der Waals surface area contributed by atoms with E-state index in [1.54, 1.807) is 36.0 Å². The molecule has 0 spiro atoms. The lowest BCUT2D eigenvalue weighted by atomic mass is 10.3. The lowest BCUT2D eigenvalue weighted by Crippen LogP contribution is -2.34. The van der Waals surface area contributed by atoms with Crippen molar-refractivity contribution in [2.75, 3.05) is 28.9 Å². The number of benzene rings is 2. The average molecular weight is 479 g/mol. The molecule has 0 aliphatic carbocycles. The number of alkyl halides is 1. The van der Waals surface area contributed by atoms with Gasteiger partial charge in [0.2, 0.25) is 5.84 Å². The normalized spacial score (nSPS) is 16.3. The molecule has 31 heavy (non-hydrogen) atoms. The number of rotatable bonds is 9. The van der Waals surface area contributed by atoms with E-state index in [9.17, 15) is 9.59 Å². The summed E-state index contributed by atoms with van der Waals surface area (Å²) >= 11 is 14.2. The van der Waals surface area contributed by atoms with Crippen molar-refractivity contribution in [2.45, 2.75) is 30.8 Å². The highest BCUT2D eigenvalue weighted by Gasteiger charge is 2.42. The topological polar surface area (TPSA) is 65.0 Å². The maximum absolute atomic E-state index is 12.7. The Morgan fingerprint density at radius 2 is 1.94 bits per heavy atom. The number of carbonyl (C=O) groups is 2. The maximum atomic E-state index is 12.7. The predicted molar refractivity (Wildman–Crippen MR) is 130 cm³/mol. The third-order valence-corrected chi connectivity index (χ3v) is 6.33. The van der Waals surface area contributed by atoms with Gasteiger partial charge < -0.3 is 5.32 Å². The number of amides is 3. The molecule has 3 rings (SSSR count). The number of hydrogen-bond donors (Lipinski definition) is 1. The number of para-hydroxylation sites is 1. The van der Waals surface area contributed by atoms with Crippen LogP contribution < -0.4 is 10.2 Å². The van der Waals surface area contributed by atoms with Crippen LogP contribution in [0.2, 0.25) is 5.02 Å². The Bertz CT molecular complexity index is 985. The van der Waals surface area contributed by atoms with Gasteiger partial charge in [0.05, 0.1) is 16.6 Å². The summed E-state index contributed by atoms with van der Waals surface area (Å²) in [4.78, 5) is 33.3. The van der Waals surface area contributed by atoms with Crippen molar-refractivity contribution in [3.8, 4) is 0 Å². The molecule has 0 bridgehead atoms. The maximum Gasteiger partial charge on any atom is 0.337 e. The second-order valence-electron chi connectivity index (χ2n) is 6.93. The Hall–Kier alpha value is -2.22. The number of anilines is 2. The second kappa shape index (κ2) is 10.9. The number of carbonyl (C=O) groups excluding carboxylic acids is 2. The van der Waals surface area contributed by atoms with Crippen molar-refractivity contribution in [1.82, 2.24) is 4.90 Å². The van der Waals surface area contributed by atoms with E-state index in [0.717, 1.165) is 34.1 Å². The molecule has 9 heteroatoms. The number of unbranched alkanes of at least 4 members (excludes halogenated alkanes) is 1. The zero-order valence-electron chi connectivity index (χ0n) is 17.3. The van der Waals surface area contributed by atoms with E-state index >= 15 is 0 Å². The molecule has 1 aliphatic rings. The zero-order chi connectivity index (χ0) is 22.4. The summed E-state index contributed by atoms with van der Waals surface area (Å²) in [6.45, 7) is 2.17. The Labute approximate surface area is 196 Å². The van der Waals surface area contributed by atoms with Crippen molar-refractivity contribution in [3.63, 3.8) is 0 Å². The molecule has 1 heterocycles. The third-order valence-electron chi connectivity index (χ3n) is 4.64. The first-order valence-corrected chi connectivity index (χ1v) is 11.9. The number of urea groups is 1. The predicted octanol–water partition coefficient (Wildman–Crippen LogP) is 5.71. The summed E-state index contributed by atoms with van der Waals surface area (Å²) in [5.74, 6) is 0.632. The monoisotopic (exact) mass is 478 g/mol. The highest BCUT2D eigenvalue weighted by Crippen LogP contribution is 2.30. The van der Waals surface area contributed by atoms with Gasteiger partial charge in [-0.05, 0) is 42.5 Å². The van der Waals surface area contributed by atoms with Gasteiger partial charge in [-0.3, -0.25) is 9.69 Å². The largest absolute Gasteiger partial charge is 0.363 e. The van der Waals surface area contributed by atoms with Crippen LogP contribution >= 0.6 is 35.0 Å². The van der Waals surface area contributed by atoms with Gasteiger partial charge in [-0.25, -0.2) is 14.7 Å². The molecule has 0 radical (unpaired) electrons. The minimum absolute atomic E-state index is 0.0211. The van der Waals surface area contributed by atoms with E-state index in [1.807, 2.05) is 18.2 Å². The van der Waals surface area contributed by atoms with Gasteiger partial charge in [-0.1, -0.05) is 43.1 Å². The number of hydrogen-bond acceptors (Lipinski definition) is 5. The number of likely N-dealkylation sites (N-methyl/N-ethyl adjacent to an activating group) is 1. The summed E-state index contributed by atoms with van der Waals surface area (Å²) < 4.78 is 0. The van der Waals surface area contributed by atoms with E-state index < -0.39 is 18.1 Å². The number of nitrogens with zero attached hydrogens (tertiary/aromatic N) is 3. The van der Waals surface area contributed by atoms with Crippen LogP contribution in [0.1, 0.15) is 19.8 Å². The van der Waals surface area contributed by atoms with Crippen LogP contribution in [0.4, 0.5) is 16.2 Å². The van der Waals surface area contributed by atoms with Crippen LogP contribution in [-0.2, 0) is 4.79 Å². The minimum Gasteiger partial charge on any atom is -0.363 e. The molecule has 2 aromatic carbocycles. The van der Waals surface area contributed by atoms with Crippen LogP contribution in [0.25, 0.3) is 0 Å². The van der Waals surface area contributed by atoms with Gasteiger partial charge in [0.1, 0.15) is 6.17 Å². The van der Waals surface area contributed by atoms with Gasteiger partial charge in [0, 0.05) is 17.6 Å². The molecule has 1 aliphatic heterocycles. The number of imide groups is 1. The summed E-state index contributed by atoms with van der Waals surface area (Å²) in [6, 6.07) is 14.3. The molecule has 1 N–H and O–H groups in total. The van der Waals surface area contributed by atoms with Crippen LogP contribution in [0, 0.1) is 0 Å². The van der Waals surface area contributed by atoms with Crippen LogP contribution in [-0.4, -0.2) is 47.5 Å². The molecule has 2 aromatic rings. The molecule has 1 saturated heterocycles. The zero-order valence-corrected chi connectivity index (χ0v) is 19.7. The first-order valence-electron chi connectivity index (χ1n) is 9.96. The van der Waals surface area contributed by atoms with Gasteiger partial charge in [0.25, 0.3) is 5.91 Å². The summed E-state index contributed by atoms with van der Waals surface area (Å²) in [5, 5.41) is 3.59. The highest BCUT2D eigenvalue weighted by molar-refractivity contribution is 7.99. The first-order chi connectivity index (χ1) is 15.0. The number of halogens is 2. The summed E-state index contributed by atoms with van der Waals surface area (Å²) in [6.07, 6.45) is 1.70. The van der Waals surface area contributed by atoms with E-state index in [-0.39, 0.29) is 11.7 Å². The van der Waals surface area contributed by atoms with E-state index in [4.69, 9.17) is 23.2 Å². The number of amidine groups is 1. The van der Waals surface area contributed by atoms with Crippen molar-refractivity contribution in [1.29, 1.82) is 0 Å². The SMILES string of the molecule is CCCCSc1cccc(NC(CCl)N=C2C(=O)N(C)C(=O)N2c2ccccc2Cl)c1. The standard InChI is InChI=1S/C22H24Cl2N4O2S/c1-3-4-12-31-16-9-7-8-15(13-16)25-19(14-23)26-20-21(29)27(2)22(30)28(20)18-11-6-5-10-17(18)24/h5-11,13,19,25H,3-4,12,14H2,1-2H3. The van der Waals surface area contributed by atoms with Crippen molar-refractivity contribution in [2.24, 2.45) is 4.99 Å². The summed E-state index contributed by atoms with van der Waals surface area (Å²) in [5.41, 5.74) is 1.24. The summed E-state index contributed by atoms with van der Waals surface area (Å²) in [7, 11) is 1.41.